The topological polar surface area (TPSA) is 43.8 Å². The zero-order valence-electron chi connectivity index (χ0n) is 12.2. The fraction of sp³-hybridized carbons (Fsp3) is 0.105. The standard InChI is InChI=1S/C19H17N3/c20-17(12-22-13-21-18-10-3-4-11-19(18)22)16-9-5-7-14-6-1-2-8-15(14)16/h1-11,13,17H,12,20H2. The Balaban J connectivity index is 1.73. The second kappa shape index (κ2) is 5.28. The summed E-state index contributed by atoms with van der Waals surface area (Å²) in [7, 11) is 0. The number of aromatic nitrogens is 2. The maximum Gasteiger partial charge on any atom is 0.0958 e. The first kappa shape index (κ1) is 13.0. The van der Waals surface area contributed by atoms with Crippen molar-refractivity contribution in [1.82, 2.24) is 9.55 Å². The molecular formula is C19H17N3. The molecule has 1 heterocycles. The SMILES string of the molecule is NC(Cn1cnc2ccccc21)c1cccc2ccccc12. The Morgan fingerprint density at radius 2 is 1.68 bits per heavy atom. The molecule has 0 fully saturated rings. The number of nitrogens with two attached hydrogens (primary N) is 1. The van der Waals surface area contributed by atoms with Crippen LogP contribution in [0.2, 0.25) is 0 Å². The van der Waals surface area contributed by atoms with Crippen molar-refractivity contribution < 1.29 is 0 Å². The first-order valence-electron chi connectivity index (χ1n) is 7.46. The smallest absolute Gasteiger partial charge is 0.0958 e. The van der Waals surface area contributed by atoms with E-state index in [9.17, 15) is 0 Å². The van der Waals surface area contributed by atoms with Crippen LogP contribution in [-0.2, 0) is 6.54 Å². The van der Waals surface area contributed by atoms with Crippen LogP contribution in [0.15, 0.2) is 73.1 Å². The van der Waals surface area contributed by atoms with Gasteiger partial charge in [-0.15, -0.1) is 0 Å². The van der Waals surface area contributed by atoms with Gasteiger partial charge in [0.25, 0.3) is 0 Å². The summed E-state index contributed by atoms with van der Waals surface area (Å²) in [4.78, 5) is 4.44. The summed E-state index contributed by atoms with van der Waals surface area (Å²) in [6.45, 7) is 0.717. The molecule has 0 aliphatic heterocycles. The van der Waals surface area contributed by atoms with Gasteiger partial charge in [0, 0.05) is 12.6 Å². The maximum atomic E-state index is 6.49. The third-order valence-corrected chi connectivity index (χ3v) is 4.14. The number of fused-ring (bicyclic) bond motifs is 2. The lowest BCUT2D eigenvalue weighted by Crippen LogP contribution is -2.17. The van der Waals surface area contributed by atoms with Gasteiger partial charge in [0.1, 0.15) is 0 Å². The summed E-state index contributed by atoms with van der Waals surface area (Å²) in [5, 5.41) is 2.45. The molecule has 22 heavy (non-hydrogen) atoms. The maximum absolute atomic E-state index is 6.49. The average molecular weight is 287 g/mol. The van der Waals surface area contributed by atoms with E-state index in [2.05, 4.69) is 58.1 Å². The van der Waals surface area contributed by atoms with Crippen molar-refractivity contribution in [2.75, 3.05) is 0 Å². The molecule has 1 atom stereocenters. The van der Waals surface area contributed by atoms with Gasteiger partial charge in [-0.1, -0.05) is 54.6 Å². The molecule has 0 aliphatic carbocycles. The highest BCUT2D eigenvalue weighted by atomic mass is 15.1. The fourth-order valence-electron chi connectivity index (χ4n) is 3.04. The van der Waals surface area contributed by atoms with Crippen LogP contribution in [0, 0.1) is 0 Å². The zero-order chi connectivity index (χ0) is 14.9. The molecule has 0 bridgehead atoms. The van der Waals surface area contributed by atoms with E-state index >= 15 is 0 Å². The van der Waals surface area contributed by atoms with E-state index < -0.39 is 0 Å². The molecule has 4 rings (SSSR count). The summed E-state index contributed by atoms with van der Waals surface area (Å²) in [6, 6.07) is 22.8. The predicted molar refractivity (Wildman–Crippen MR) is 90.6 cm³/mol. The minimum Gasteiger partial charge on any atom is -0.329 e. The van der Waals surface area contributed by atoms with Crippen LogP contribution in [0.1, 0.15) is 11.6 Å². The highest BCUT2D eigenvalue weighted by molar-refractivity contribution is 5.86. The minimum atomic E-state index is -0.0660. The lowest BCUT2D eigenvalue weighted by Gasteiger charge is -2.16. The number of benzene rings is 3. The van der Waals surface area contributed by atoms with Crippen molar-refractivity contribution in [2.45, 2.75) is 12.6 Å². The van der Waals surface area contributed by atoms with Gasteiger partial charge >= 0.3 is 0 Å². The van der Waals surface area contributed by atoms with Crippen LogP contribution >= 0.6 is 0 Å². The van der Waals surface area contributed by atoms with Crippen molar-refractivity contribution in [1.29, 1.82) is 0 Å². The molecule has 4 aromatic rings. The van der Waals surface area contributed by atoms with E-state index in [-0.39, 0.29) is 6.04 Å². The van der Waals surface area contributed by atoms with Crippen LogP contribution in [0.5, 0.6) is 0 Å². The van der Waals surface area contributed by atoms with Gasteiger partial charge in [0.05, 0.1) is 17.4 Å². The van der Waals surface area contributed by atoms with E-state index in [1.54, 1.807) is 0 Å². The van der Waals surface area contributed by atoms with Crippen LogP contribution in [0.4, 0.5) is 0 Å². The van der Waals surface area contributed by atoms with Crippen molar-refractivity contribution in [2.24, 2.45) is 5.73 Å². The Hall–Kier alpha value is -2.65. The lowest BCUT2D eigenvalue weighted by atomic mass is 9.99. The van der Waals surface area contributed by atoms with Gasteiger partial charge in [-0.3, -0.25) is 0 Å². The number of nitrogens with zero attached hydrogens (tertiary/aromatic N) is 2. The van der Waals surface area contributed by atoms with E-state index in [1.165, 1.54) is 16.3 Å². The van der Waals surface area contributed by atoms with Gasteiger partial charge in [0.15, 0.2) is 0 Å². The van der Waals surface area contributed by atoms with Crippen LogP contribution in [0.25, 0.3) is 21.8 Å². The summed E-state index contributed by atoms with van der Waals surface area (Å²) in [6.07, 6.45) is 1.87. The van der Waals surface area contributed by atoms with Crippen molar-refractivity contribution in [3.8, 4) is 0 Å². The van der Waals surface area contributed by atoms with E-state index in [0.717, 1.165) is 11.0 Å². The lowest BCUT2D eigenvalue weighted by molar-refractivity contribution is 0.592. The normalized spacial score (nSPS) is 12.8. The highest BCUT2D eigenvalue weighted by Gasteiger charge is 2.12. The molecular weight excluding hydrogens is 270 g/mol. The summed E-state index contributed by atoms with van der Waals surface area (Å²) in [5.41, 5.74) is 9.80. The van der Waals surface area contributed by atoms with Gasteiger partial charge in [-0.2, -0.15) is 0 Å². The van der Waals surface area contributed by atoms with E-state index in [0.29, 0.717) is 6.54 Å². The highest BCUT2D eigenvalue weighted by Crippen LogP contribution is 2.25. The molecule has 3 heteroatoms. The third kappa shape index (κ3) is 2.16. The van der Waals surface area contributed by atoms with Crippen molar-refractivity contribution >= 4 is 21.8 Å². The predicted octanol–water partition coefficient (Wildman–Crippen LogP) is 3.89. The molecule has 0 aliphatic rings. The summed E-state index contributed by atoms with van der Waals surface area (Å²) >= 11 is 0. The molecule has 3 aromatic carbocycles. The molecule has 3 nitrogen and oxygen atoms in total. The van der Waals surface area contributed by atoms with E-state index in [1.807, 2.05) is 24.5 Å². The summed E-state index contributed by atoms with van der Waals surface area (Å²) < 4.78 is 2.13. The fourth-order valence-corrected chi connectivity index (χ4v) is 3.04. The number of rotatable bonds is 3. The molecule has 1 aromatic heterocycles. The quantitative estimate of drug-likeness (QED) is 0.621. The Morgan fingerprint density at radius 3 is 2.64 bits per heavy atom. The van der Waals surface area contributed by atoms with E-state index in [4.69, 9.17) is 5.73 Å². The zero-order valence-corrected chi connectivity index (χ0v) is 12.2. The molecule has 0 radical (unpaired) electrons. The third-order valence-electron chi connectivity index (χ3n) is 4.14. The number of imidazole rings is 1. The number of hydrogen-bond acceptors (Lipinski definition) is 2. The Labute approximate surface area is 129 Å². The van der Waals surface area contributed by atoms with Crippen molar-refractivity contribution in [3.05, 3.63) is 78.6 Å². The Bertz CT molecular complexity index is 934. The Kier molecular flexibility index (Phi) is 3.13. The van der Waals surface area contributed by atoms with Gasteiger partial charge < -0.3 is 10.3 Å². The molecule has 0 amide bonds. The molecule has 0 spiro atoms. The van der Waals surface area contributed by atoms with Crippen LogP contribution in [0.3, 0.4) is 0 Å². The van der Waals surface area contributed by atoms with Gasteiger partial charge in [0.2, 0.25) is 0 Å². The summed E-state index contributed by atoms with van der Waals surface area (Å²) in [5.74, 6) is 0. The second-order valence-corrected chi connectivity index (χ2v) is 5.56. The first-order valence-corrected chi connectivity index (χ1v) is 7.46. The van der Waals surface area contributed by atoms with Crippen molar-refractivity contribution in [3.63, 3.8) is 0 Å². The number of para-hydroxylation sites is 2. The minimum absolute atomic E-state index is 0.0660. The largest absolute Gasteiger partial charge is 0.329 e. The monoisotopic (exact) mass is 287 g/mol. The van der Waals surface area contributed by atoms with Gasteiger partial charge in [-0.05, 0) is 28.5 Å². The molecule has 0 saturated carbocycles. The molecule has 2 N–H and O–H groups in total. The average Bonchev–Trinajstić information content (AvgIpc) is 2.97. The number of hydrogen-bond donors (Lipinski definition) is 1. The van der Waals surface area contributed by atoms with Crippen LogP contribution in [-0.4, -0.2) is 9.55 Å². The first-order chi connectivity index (χ1) is 10.8. The molecule has 108 valence electrons. The second-order valence-electron chi connectivity index (χ2n) is 5.56. The molecule has 0 saturated heterocycles. The molecule has 1 unspecified atom stereocenters. The van der Waals surface area contributed by atoms with Crippen LogP contribution < -0.4 is 5.73 Å². The van der Waals surface area contributed by atoms with Gasteiger partial charge in [-0.25, -0.2) is 4.98 Å². The Morgan fingerprint density at radius 1 is 0.909 bits per heavy atom.